The molecule has 0 unspecified atom stereocenters. The third-order valence-corrected chi connectivity index (χ3v) is 3.95. The number of aryl methyl sites for hydroxylation is 3. The van der Waals surface area contributed by atoms with Crippen LogP contribution in [0.25, 0.3) is 6.08 Å². The largest absolute Gasteiger partial charge is 0.454 e. The van der Waals surface area contributed by atoms with E-state index < -0.39 is 5.97 Å². The number of hydrogen-bond acceptors (Lipinski definition) is 3. The van der Waals surface area contributed by atoms with E-state index in [0.717, 1.165) is 16.7 Å². The first kappa shape index (κ1) is 18.0. The zero-order valence-electron chi connectivity index (χ0n) is 13.9. The van der Waals surface area contributed by atoms with Crippen molar-refractivity contribution in [1.82, 2.24) is 0 Å². The highest BCUT2D eigenvalue weighted by atomic mass is 35.5. The van der Waals surface area contributed by atoms with Gasteiger partial charge in [0.1, 0.15) is 0 Å². The van der Waals surface area contributed by atoms with E-state index in [9.17, 15) is 9.59 Å². The highest BCUT2D eigenvalue weighted by Crippen LogP contribution is 2.18. The Morgan fingerprint density at radius 1 is 1.08 bits per heavy atom. The van der Waals surface area contributed by atoms with Gasteiger partial charge in [-0.05, 0) is 49.6 Å². The van der Waals surface area contributed by atoms with Crippen LogP contribution in [-0.4, -0.2) is 18.4 Å². The fourth-order valence-electron chi connectivity index (χ4n) is 2.64. The van der Waals surface area contributed by atoms with Gasteiger partial charge in [0.25, 0.3) is 0 Å². The summed E-state index contributed by atoms with van der Waals surface area (Å²) in [5, 5.41) is 0.545. The second kappa shape index (κ2) is 7.93. The van der Waals surface area contributed by atoms with Gasteiger partial charge in [0.05, 0.1) is 0 Å². The van der Waals surface area contributed by atoms with Crippen LogP contribution in [0, 0.1) is 20.8 Å². The minimum absolute atomic E-state index is 0.204. The second-order valence-electron chi connectivity index (χ2n) is 5.66. The summed E-state index contributed by atoms with van der Waals surface area (Å²) >= 11 is 6.01. The molecule has 0 bridgehead atoms. The molecule has 3 nitrogen and oxygen atoms in total. The molecule has 0 spiro atoms. The predicted octanol–water partition coefficient (Wildman–Crippen LogP) is 4.70. The first-order valence-electron chi connectivity index (χ1n) is 7.59. The van der Waals surface area contributed by atoms with Crippen molar-refractivity contribution < 1.29 is 14.3 Å². The van der Waals surface area contributed by atoms with Crippen LogP contribution in [-0.2, 0) is 9.53 Å². The third-order valence-electron chi connectivity index (χ3n) is 3.61. The normalized spacial score (nSPS) is 10.8. The summed E-state index contributed by atoms with van der Waals surface area (Å²) in [6, 6.07) is 11.0. The van der Waals surface area contributed by atoms with Gasteiger partial charge in [-0.15, -0.1) is 0 Å². The number of hydrogen-bond donors (Lipinski definition) is 0. The minimum atomic E-state index is -0.578. The van der Waals surface area contributed by atoms with Gasteiger partial charge in [0.2, 0.25) is 5.78 Å². The zero-order chi connectivity index (χ0) is 17.7. The van der Waals surface area contributed by atoms with Crippen molar-refractivity contribution in [3.05, 3.63) is 75.3 Å². The van der Waals surface area contributed by atoms with E-state index in [1.807, 2.05) is 45.0 Å². The SMILES string of the molecule is Cc1cc(C)c(C(=O)COC(=O)/C=C/c2ccccc2Cl)c(C)c1. The highest BCUT2D eigenvalue weighted by molar-refractivity contribution is 6.32. The van der Waals surface area contributed by atoms with Crippen molar-refractivity contribution in [3.63, 3.8) is 0 Å². The van der Waals surface area contributed by atoms with Crippen LogP contribution < -0.4 is 0 Å². The topological polar surface area (TPSA) is 43.4 Å². The van der Waals surface area contributed by atoms with E-state index >= 15 is 0 Å². The molecule has 4 heteroatoms. The number of Topliss-reactive ketones (excluding diaryl/α,β-unsaturated/α-hetero) is 1. The molecule has 0 saturated heterocycles. The van der Waals surface area contributed by atoms with Gasteiger partial charge >= 0.3 is 5.97 Å². The molecule has 0 aromatic heterocycles. The molecule has 24 heavy (non-hydrogen) atoms. The molecule has 0 fully saturated rings. The second-order valence-corrected chi connectivity index (χ2v) is 6.07. The highest BCUT2D eigenvalue weighted by Gasteiger charge is 2.14. The maximum Gasteiger partial charge on any atom is 0.331 e. The summed E-state index contributed by atoms with van der Waals surface area (Å²) in [6.45, 7) is 5.46. The number of halogens is 1. The first-order valence-corrected chi connectivity index (χ1v) is 7.96. The van der Waals surface area contributed by atoms with Crippen LogP contribution in [0.15, 0.2) is 42.5 Å². The molecule has 0 aliphatic heterocycles. The van der Waals surface area contributed by atoms with Gasteiger partial charge in [-0.3, -0.25) is 4.79 Å². The van der Waals surface area contributed by atoms with Crippen molar-refractivity contribution in [2.45, 2.75) is 20.8 Å². The molecule has 0 atom stereocenters. The molecule has 124 valence electrons. The van der Waals surface area contributed by atoms with Crippen molar-refractivity contribution in [1.29, 1.82) is 0 Å². The maximum atomic E-state index is 12.3. The lowest BCUT2D eigenvalue weighted by Gasteiger charge is -2.10. The Balaban J connectivity index is 1.99. The number of ether oxygens (including phenoxy) is 1. The molecule has 0 aliphatic carbocycles. The lowest BCUT2D eigenvalue weighted by Crippen LogP contribution is -2.15. The van der Waals surface area contributed by atoms with Gasteiger partial charge in [-0.25, -0.2) is 4.79 Å². The molecule has 2 aromatic carbocycles. The average molecular weight is 343 g/mol. The molecule has 0 radical (unpaired) electrons. The van der Waals surface area contributed by atoms with E-state index in [1.165, 1.54) is 6.08 Å². The molecule has 0 amide bonds. The molecule has 0 saturated carbocycles. The van der Waals surface area contributed by atoms with E-state index in [0.29, 0.717) is 16.1 Å². The summed E-state index contributed by atoms with van der Waals surface area (Å²) < 4.78 is 5.04. The Hall–Kier alpha value is -2.39. The van der Waals surface area contributed by atoms with Crippen LogP contribution in [0.5, 0.6) is 0 Å². The van der Waals surface area contributed by atoms with Crippen LogP contribution in [0.4, 0.5) is 0 Å². The quantitative estimate of drug-likeness (QED) is 0.449. The molecule has 0 N–H and O–H groups in total. The van der Waals surface area contributed by atoms with Crippen LogP contribution in [0.1, 0.15) is 32.6 Å². The fourth-order valence-corrected chi connectivity index (χ4v) is 2.84. The number of benzene rings is 2. The first-order chi connectivity index (χ1) is 11.4. The summed E-state index contributed by atoms with van der Waals surface area (Å²) in [6.07, 6.45) is 2.83. The molecular formula is C20H19ClO3. The Morgan fingerprint density at radius 2 is 1.71 bits per heavy atom. The van der Waals surface area contributed by atoms with Crippen molar-refractivity contribution in [2.75, 3.05) is 6.61 Å². The number of rotatable bonds is 5. The fraction of sp³-hybridized carbons (Fsp3) is 0.200. The number of esters is 1. The molecule has 0 heterocycles. The Bertz CT molecular complexity index is 783. The van der Waals surface area contributed by atoms with Gasteiger partial charge in [0.15, 0.2) is 6.61 Å². The van der Waals surface area contributed by atoms with E-state index in [4.69, 9.17) is 16.3 Å². The van der Waals surface area contributed by atoms with Crippen molar-refractivity contribution >= 4 is 29.4 Å². The van der Waals surface area contributed by atoms with Crippen LogP contribution in [0.2, 0.25) is 5.02 Å². The molecule has 2 aromatic rings. The summed E-state index contributed by atoms with van der Waals surface area (Å²) in [7, 11) is 0. The van der Waals surface area contributed by atoms with E-state index in [2.05, 4.69) is 0 Å². The van der Waals surface area contributed by atoms with Gasteiger partial charge < -0.3 is 4.74 Å². The van der Waals surface area contributed by atoms with Gasteiger partial charge in [-0.2, -0.15) is 0 Å². The molecule has 2 rings (SSSR count). The third kappa shape index (κ3) is 4.56. The monoisotopic (exact) mass is 342 g/mol. The van der Waals surface area contributed by atoms with Crippen molar-refractivity contribution in [3.8, 4) is 0 Å². The van der Waals surface area contributed by atoms with Crippen LogP contribution >= 0.6 is 11.6 Å². The summed E-state index contributed by atoms with van der Waals surface area (Å²) in [4.78, 5) is 24.1. The summed E-state index contributed by atoms with van der Waals surface area (Å²) in [5.74, 6) is -0.782. The van der Waals surface area contributed by atoms with Crippen molar-refractivity contribution in [2.24, 2.45) is 0 Å². The smallest absolute Gasteiger partial charge is 0.331 e. The number of ketones is 1. The van der Waals surface area contributed by atoms with E-state index in [-0.39, 0.29) is 12.4 Å². The van der Waals surface area contributed by atoms with Crippen LogP contribution in [0.3, 0.4) is 0 Å². The Kier molecular flexibility index (Phi) is 5.93. The predicted molar refractivity (Wildman–Crippen MR) is 96.4 cm³/mol. The standard InChI is InChI=1S/C20H19ClO3/c1-13-10-14(2)20(15(3)11-13)18(22)12-24-19(23)9-8-16-6-4-5-7-17(16)21/h4-11H,12H2,1-3H3/b9-8+. The lowest BCUT2D eigenvalue weighted by molar-refractivity contribution is -0.136. The molecule has 0 aliphatic rings. The maximum absolute atomic E-state index is 12.3. The number of carbonyl (C=O) groups is 2. The number of carbonyl (C=O) groups excluding carboxylic acids is 2. The van der Waals surface area contributed by atoms with Gasteiger partial charge in [0, 0.05) is 16.7 Å². The average Bonchev–Trinajstić information content (AvgIpc) is 2.51. The van der Waals surface area contributed by atoms with Gasteiger partial charge in [-0.1, -0.05) is 47.5 Å². The Labute approximate surface area is 146 Å². The molecular weight excluding hydrogens is 324 g/mol. The Morgan fingerprint density at radius 3 is 2.33 bits per heavy atom. The lowest BCUT2D eigenvalue weighted by atomic mass is 9.97. The minimum Gasteiger partial charge on any atom is -0.454 e. The summed E-state index contributed by atoms with van der Waals surface area (Å²) in [5.41, 5.74) is 4.21. The van der Waals surface area contributed by atoms with E-state index in [1.54, 1.807) is 18.2 Å². The zero-order valence-corrected chi connectivity index (χ0v) is 14.7.